The lowest BCUT2D eigenvalue weighted by molar-refractivity contribution is 0.0975. The maximum atomic E-state index is 10.1. The minimum Gasteiger partial charge on any atom is -0.494 e. The molecule has 3 heterocycles. The van der Waals surface area contributed by atoms with Crippen LogP contribution in [0.4, 0.5) is 5.82 Å². The number of piperidine rings is 1. The molecule has 1 spiro atoms. The standard InChI is InChI=1S/C23H27ClN4O3/c1-14-10-23(13-31-14)6-8-28(9-7-23)22-18(12-29)27-20(15(2)26-22)17-5-4-16(11-25)21(30-3)19(17)24/h4-5,14,29H,6-10,12-13H2,1-3H3/t14-/m0/s1. The number of rotatable bonds is 4. The predicted octanol–water partition coefficient (Wildman–Crippen LogP) is 3.87. The van der Waals surface area contributed by atoms with E-state index in [0.717, 1.165) is 44.8 Å². The van der Waals surface area contributed by atoms with Gasteiger partial charge in [-0.3, -0.25) is 0 Å². The summed E-state index contributed by atoms with van der Waals surface area (Å²) < 4.78 is 11.2. The molecule has 2 saturated heterocycles. The van der Waals surface area contributed by atoms with Crippen molar-refractivity contribution in [2.45, 2.75) is 45.8 Å². The molecule has 1 aromatic heterocycles. The van der Waals surface area contributed by atoms with E-state index in [2.05, 4.69) is 17.9 Å². The fourth-order valence-corrected chi connectivity index (χ4v) is 5.10. The highest BCUT2D eigenvalue weighted by Gasteiger charge is 2.41. The number of aromatic nitrogens is 2. The molecule has 8 heteroatoms. The molecule has 4 rings (SSSR count). The first kappa shape index (κ1) is 21.8. The molecule has 0 saturated carbocycles. The number of methoxy groups -OCH3 is 1. The van der Waals surface area contributed by atoms with Crippen molar-refractivity contribution < 1.29 is 14.6 Å². The van der Waals surface area contributed by atoms with Crippen LogP contribution in [0.1, 0.15) is 43.1 Å². The maximum absolute atomic E-state index is 10.1. The molecule has 1 N–H and O–H groups in total. The van der Waals surface area contributed by atoms with Crippen molar-refractivity contribution in [1.82, 2.24) is 9.97 Å². The molecule has 0 amide bonds. The first-order valence-electron chi connectivity index (χ1n) is 10.5. The van der Waals surface area contributed by atoms with Gasteiger partial charge < -0.3 is 19.5 Å². The number of hydrogen-bond donors (Lipinski definition) is 1. The number of halogens is 1. The van der Waals surface area contributed by atoms with E-state index >= 15 is 0 Å². The number of nitriles is 1. The Hall–Kier alpha value is -2.40. The number of ether oxygens (including phenoxy) is 2. The van der Waals surface area contributed by atoms with E-state index in [1.165, 1.54) is 7.11 Å². The Bertz CT molecular complexity index is 1030. The van der Waals surface area contributed by atoms with E-state index in [4.69, 9.17) is 31.0 Å². The monoisotopic (exact) mass is 442 g/mol. The summed E-state index contributed by atoms with van der Waals surface area (Å²) in [4.78, 5) is 11.8. The average molecular weight is 443 g/mol. The number of hydrogen-bond acceptors (Lipinski definition) is 7. The van der Waals surface area contributed by atoms with Gasteiger partial charge in [-0.15, -0.1) is 0 Å². The molecule has 1 aromatic carbocycles. The van der Waals surface area contributed by atoms with E-state index in [-0.39, 0.29) is 12.0 Å². The van der Waals surface area contributed by atoms with Gasteiger partial charge in [-0.2, -0.15) is 5.26 Å². The summed E-state index contributed by atoms with van der Waals surface area (Å²) >= 11 is 6.54. The van der Waals surface area contributed by atoms with Gasteiger partial charge in [-0.25, -0.2) is 9.97 Å². The Kier molecular flexibility index (Phi) is 6.07. The Morgan fingerprint density at radius 3 is 2.68 bits per heavy atom. The summed E-state index contributed by atoms with van der Waals surface area (Å²) in [7, 11) is 1.48. The van der Waals surface area contributed by atoms with Crippen molar-refractivity contribution in [2.75, 3.05) is 31.7 Å². The molecule has 2 fully saturated rings. The third-order valence-electron chi connectivity index (χ3n) is 6.47. The lowest BCUT2D eigenvalue weighted by Gasteiger charge is -2.39. The average Bonchev–Trinajstić information content (AvgIpc) is 3.14. The molecule has 0 unspecified atom stereocenters. The molecule has 0 radical (unpaired) electrons. The van der Waals surface area contributed by atoms with Crippen LogP contribution in [0, 0.1) is 23.7 Å². The minimum atomic E-state index is -0.220. The number of benzene rings is 1. The topological polar surface area (TPSA) is 91.5 Å². The number of aliphatic hydroxyl groups excluding tert-OH is 1. The summed E-state index contributed by atoms with van der Waals surface area (Å²) in [5.74, 6) is 1.04. The van der Waals surface area contributed by atoms with Crippen LogP contribution in [-0.4, -0.2) is 48.0 Å². The largest absolute Gasteiger partial charge is 0.494 e. The number of nitrogens with zero attached hydrogens (tertiary/aromatic N) is 4. The maximum Gasteiger partial charge on any atom is 0.155 e. The molecule has 2 aromatic rings. The SMILES string of the molecule is COc1c(C#N)ccc(-c2nc(CO)c(N3CCC4(CC3)CO[C@@H](C)C4)nc2C)c1Cl. The Balaban J connectivity index is 1.65. The molecule has 164 valence electrons. The van der Waals surface area contributed by atoms with Gasteiger partial charge >= 0.3 is 0 Å². The fourth-order valence-electron chi connectivity index (χ4n) is 4.77. The van der Waals surface area contributed by atoms with Gasteiger partial charge in [0, 0.05) is 18.7 Å². The van der Waals surface area contributed by atoms with Crippen LogP contribution < -0.4 is 9.64 Å². The van der Waals surface area contributed by atoms with Gasteiger partial charge in [-0.05, 0) is 50.7 Å². The van der Waals surface area contributed by atoms with E-state index < -0.39 is 0 Å². The predicted molar refractivity (Wildman–Crippen MR) is 118 cm³/mol. The van der Waals surface area contributed by atoms with Gasteiger partial charge in [0.2, 0.25) is 0 Å². The summed E-state index contributed by atoms with van der Waals surface area (Å²) in [5.41, 5.74) is 3.05. The van der Waals surface area contributed by atoms with Gasteiger partial charge in [0.15, 0.2) is 11.6 Å². The third kappa shape index (κ3) is 3.96. The van der Waals surface area contributed by atoms with Crippen LogP contribution >= 0.6 is 11.6 Å². The second-order valence-corrected chi connectivity index (χ2v) is 8.90. The highest BCUT2D eigenvalue weighted by Crippen LogP contribution is 2.43. The molecule has 7 nitrogen and oxygen atoms in total. The summed E-state index contributed by atoms with van der Waals surface area (Å²) in [6.45, 7) is 6.36. The molecule has 2 aliphatic rings. The highest BCUT2D eigenvalue weighted by atomic mass is 35.5. The first-order valence-corrected chi connectivity index (χ1v) is 10.9. The Morgan fingerprint density at radius 1 is 1.35 bits per heavy atom. The molecular formula is C23H27ClN4O3. The molecule has 0 aliphatic carbocycles. The van der Waals surface area contributed by atoms with Crippen molar-refractivity contribution >= 4 is 17.4 Å². The van der Waals surface area contributed by atoms with E-state index in [1.807, 2.05) is 6.92 Å². The number of anilines is 1. The quantitative estimate of drug-likeness (QED) is 0.768. The molecule has 31 heavy (non-hydrogen) atoms. The summed E-state index contributed by atoms with van der Waals surface area (Å²) in [6, 6.07) is 5.48. The first-order chi connectivity index (χ1) is 14.9. The number of aliphatic hydroxyl groups is 1. The number of aryl methyl sites for hydroxylation is 1. The van der Waals surface area contributed by atoms with Crippen LogP contribution in [0.2, 0.25) is 5.02 Å². The second kappa shape index (κ2) is 8.62. The summed E-state index contributed by atoms with van der Waals surface area (Å²) in [6.07, 6.45) is 3.53. The lowest BCUT2D eigenvalue weighted by atomic mass is 9.77. The fraction of sp³-hybridized carbons (Fsp3) is 0.522. The molecule has 1 atom stereocenters. The Morgan fingerprint density at radius 2 is 2.10 bits per heavy atom. The van der Waals surface area contributed by atoms with E-state index in [9.17, 15) is 10.4 Å². The minimum absolute atomic E-state index is 0.220. The van der Waals surface area contributed by atoms with Gasteiger partial charge in [0.05, 0.1) is 48.4 Å². The van der Waals surface area contributed by atoms with Crippen LogP contribution in [-0.2, 0) is 11.3 Å². The van der Waals surface area contributed by atoms with Crippen LogP contribution in [0.3, 0.4) is 0 Å². The van der Waals surface area contributed by atoms with Crippen LogP contribution in [0.15, 0.2) is 12.1 Å². The lowest BCUT2D eigenvalue weighted by Crippen LogP contribution is -2.41. The van der Waals surface area contributed by atoms with Gasteiger partial charge in [0.1, 0.15) is 11.8 Å². The second-order valence-electron chi connectivity index (χ2n) is 8.52. The van der Waals surface area contributed by atoms with Crippen molar-refractivity contribution in [3.63, 3.8) is 0 Å². The smallest absolute Gasteiger partial charge is 0.155 e. The van der Waals surface area contributed by atoms with Gasteiger partial charge in [0.25, 0.3) is 0 Å². The van der Waals surface area contributed by atoms with Crippen LogP contribution in [0.25, 0.3) is 11.3 Å². The van der Waals surface area contributed by atoms with Crippen molar-refractivity contribution in [3.05, 3.63) is 34.1 Å². The third-order valence-corrected chi connectivity index (χ3v) is 6.84. The molecule has 0 bridgehead atoms. The van der Waals surface area contributed by atoms with Crippen molar-refractivity contribution in [1.29, 1.82) is 5.26 Å². The van der Waals surface area contributed by atoms with E-state index in [0.29, 0.717) is 45.1 Å². The summed E-state index contributed by atoms with van der Waals surface area (Å²) in [5, 5.41) is 19.6. The highest BCUT2D eigenvalue weighted by molar-refractivity contribution is 6.35. The zero-order valence-electron chi connectivity index (χ0n) is 18.1. The van der Waals surface area contributed by atoms with E-state index in [1.54, 1.807) is 12.1 Å². The normalized spacial score (nSPS) is 20.1. The van der Waals surface area contributed by atoms with Crippen molar-refractivity contribution in [3.8, 4) is 23.1 Å². The Labute approximate surface area is 187 Å². The van der Waals surface area contributed by atoms with Crippen molar-refractivity contribution in [2.24, 2.45) is 5.41 Å². The zero-order chi connectivity index (χ0) is 22.2. The molecule has 2 aliphatic heterocycles. The van der Waals surface area contributed by atoms with Crippen LogP contribution in [0.5, 0.6) is 5.75 Å². The molecular weight excluding hydrogens is 416 g/mol. The zero-order valence-corrected chi connectivity index (χ0v) is 18.9. The van der Waals surface area contributed by atoms with Gasteiger partial charge in [-0.1, -0.05) is 11.6 Å².